The highest BCUT2D eigenvalue weighted by Crippen LogP contribution is 2.41. The monoisotopic (exact) mass is 321 g/mol. The summed E-state index contributed by atoms with van der Waals surface area (Å²) in [6.45, 7) is 2.64. The minimum atomic E-state index is -0.0583. The van der Waals surface area contributed by atoms with Gasteiger partial charge >= 0.3 is 0 Å². The third-order valence-electron chi connectivity index (χ3n) is 4.39. The summed E-state index contributed by atoms with van der Waals surface area (Å²) < 4.78 is 7.27. The second-order valence-corrected chi connectivity index (χ2v) is 5.99. The van der Waals surface area contributed by atoms with Gasteiger partial charge < -0.3 is 10.1 Å². The summed E-state index contributed by atoms with van der Waals surface area (Å²) >= 11 is 0. The average molecular weight is 321 g/mol. The van der Waals surface area contributed by atoms with Crippen LogP contribution < -0.4 is 10.1 Å². The van der Waals surface area contributed by atoms with Gasteiger partial charge in [-0.05, 0) is 43.2 Å². The molecule has 1 fully saturated rings. The van der Waals surface area contributed by atoms with Gasteiger partial charge in [0, 0.05) is 24.4 Å². The van der Waals surface area contributed by atoms with Crippen LogP contribution in [0.25, 0.3) is 5.65 Å². The van der Waals surface area contributed by atoms with E-state index in [-0.39, 0.29) is 11.9 Å². The topological polar surface area (TPSA) is 55.6 Å². The van der Waals surface area contributed by atoms with Crippen LogP contribution in [-0.2, 0) is 0 Å². The number of fused-ring (bicyclic) bond motifs is 1. The number of hydrogen-bond donors (Lipinski definition) is 1. The molecule has 2 aromatic heterocycles. The number of pyridine rings is 1. The van der Waals surface area contributed by atoms with Crippen molar-refractivity contribution in [3.63, 3.8) is 0 Å². The van der Waals surface area contributed by atoms with Crippen LogP contribution >= 0.6 is 0 Å². The van der Waals surface area contributed by atoms with Gasteiger partial charge in [0.2, 0.25) is 0 Å². The molecule has 5 heteroatoms. The number of imidazole rings is 1. The summed E-state index contributed by atoms with van der Waals surface area (Å²) in [6, 6.07) is 13.9. The summed E-state index contributed by atoms with van der Waals surface area (Å²) in [7, 11) is 0. The van der Waals surface area contributed by atoms with E-state index in [0.29, 0.717) is 18.2 Å². The molecule has 1 aliphatic carbocycles. The van der Waals surface area contributed by atoms with E-state index in [1.165, 1.54) is 5.56 Å². The molecule has 5 nitrogen and oxygen atoms in total. The molecule has 2 heterocycles. The smallest absolute Gasteiger partial charge is 0.268 e. The van der Waals surface area contributed by atoms with E-state index >= 15 is 0 Å². The van der Waals surface area contributed by atoms with Crippen LogP contribution in [0.15, 0.2) is 54.9 Å². The fourth-order valence-electron chi connectivity index (χ4n) is 3.08. The summed E-state index contributed by atoms with van der Waals surface area (Å²) in [6.07, 6.45) is 4.48. The van der Waals surface area contributed by atoms with Crippen LogP contribution in [0, 0.1) is 0 Å². The van der Waals surface area contributed by atoms with Crippen LogP contribution in [0.1, 0.15) is 35.3 Å². The first-order chi connectivity index (χ1) is 11.8. The number of carbonyl (C=O) groups is 1. The Hall–Kier alpha value is -2.82. The largest absolute Gasteiger partial charge is 0.494 e. The predicted molar refractivity (Wildman–Crippen MR) is 91.4 cm³/mol. The molecule has 0 spiro atoms. The van der Waals surface area contributed by atoms with Crippen LogP contribution in [0.4, 0.5) is 0 Å². The van der Waals surface area contributed by atoms with Gasteiger partial charge in [0.25, 0.3) is 5.91 Å². The molecule has 3 aromatic rings. The van der Waals surface area contributed by atoms with Gasteiger partial charge in [-0.15, -0.1) is 0 Å². The number of rotatable bonds is 5. The maximum absolute atomic E-state index is 12.5. The molecule has 0 saturated heterocycles. The van der Waals surface area contributed by atoms with E-state index in [2.05, 4.69) is 22.4 Å². The van der Waals surface area contributed by atoms with Crippen molar-refractivity contribution in [1.29, 1.82) is 0 Å². The number of nitrogens with one attached hydrogen (secondary N) is 1. The zero-order valence-corrected chi connectivity index (χ0v) is 13.5. The molecule has 1 aliphatic rings. The lowest BCUT2D eigenvalue weighted by molar-refractivity contribution is 0.0944. The lowest BCUT2D eigenvalue weighted by Crippen LogP contribution is -2.28. The lowest BCUT2D eigenvalue weighted by Gasteiger charge is -2.08. The minimum absolute atomic E-state index is 0.0583. The summed E-state index contributed by atoms with van der Waals surface area (Å²) in [5, 5.41) is 3.12. The predicted octanol–water partition coefficient (Wildman–Crippen LogP) is 3.02. The fourth-order valence-corrected chi connectivity index (χ4v) is 3.08. The summed E-state index contributed by atoms with van der Waals surface area (Å²) in [5.74, 6) is 1.21. The van der Waals surface area contributed by atoms with Crippen LogP contribution in [0.3, 0.4) is 0 Å². The van der Waals surface area contributed by atoms with E-state index in [1.807, 2.05) is 41.7 Å². The van der Waals surface area contributed by atoms with Crippen LogP contribution in [0.5, 0.6) is 5.75 Å². The molecule has 1 amide bonds. The minimum Gasteiger partial charge on any atom is -0.494 e. The molecule has 1 saturated carbocycles. The summed E-state index contributed by atoms with van der Waals surface area (Å²) in [5.41, 5.74) is 2.63. The molecule has 0 bridgehead atoms. The van der Waals surface area contributed by atoms with E-state index in [1.54, 1.807) is 12.4 Å². The molecular formula is C19H19N3O2. The SMILES string of the molecule is CCOc1ccc([C@@H]2C[C@H]2NC(=O)c2cccc3nccn23)cc1. The second kappa shape index (κ2) is 6.00. The normalized spacial score (nSPS) is 19.2. The first-order valence-corrected chi connectivity index (χ1v) is 8.22. The number of hydrogen-bond acceptors (Lipinski definition) is 3. The van der Waals surface area contributed by atoms with Crippen molar-refractivity contribution in [3.8, 4) is 5.75 Å². The third kappa shape index (κ3) is 2.73. The standard InChI is InChI=1S/C19H19N3O2/c1-2-24-14-8-6-13(7-9-14)15-12-16(15)21-19(23)17-4-3-5-18-20-10-11-22(17)18/h3-11,15-16H,2,12H2,1H3,(H,21,23)/t15-,16+/m0/s1. The van der Waals surface area contributed by atoms with Crippen LogP contribution in [0.2, 0.25) is 0 Å². The highest BCUT2D eigenvalue weighted by atomic mass is 16.5. The number of ether oxygens (including phenoxy) is 1. The van der Waals surface area contributed by atoms with Crippen molar-refractivity contribution in [2.75, 3.05) is 6.61 Å². The molecule has 4 rings (SSSR count). The van der Waals surface area contributed by atoms with Crippen LogP contribution in [-0.4, -0.2) is 27.9 Å². The maximum atomic E-state index is 12.5. The van der Waals surface area contributed by atoms with E-state index in [4.69, 9.17) is 4.74 Å². The lowest BCUT2D eigenvalue weighted by atomic mass is 10.1. The molecule has 1 N–H and O–H groups in total. The molecule has 0 aliphatic heterocycles. The molecule has 122 valence electrons. The first kappa shape index (κ1) is 14.8. The molecule has 0 unspecified atom stereocenters. The van der Waals surface area contributed by atoms with Gasteiger partial charge in [-0.3, -0.25) is 9.20 Å². The summed E-state index contributed by atoms with van der Waals surface area (Å²) in [4.78, 5) is 16.8. The van der Waals surface area contributed by atoms with Crippen molar-refractivity contribution in [2.45, 2.75) is 25.3 Å². The van der Waals surface area contributed by atoms with Gasteiger partial charge in [0.1, 0.15) is 17.1 Å². The number of aromatic nitrogens is 2. The number of amides is 1. The Morgan fingerprint density at radius 1 is 1.29 bits per heavy atom. The van der Waals surface area contributed by atoms with Crippen molar-refractivity contribution < 1.29 is 9.53 Å². The zero-order chi connectivity index (χ0) is 16.5. The van der Waals surface area contributed by atoms with Gasteiger partial charge in [0.15, 0.2) is 0 Å². The fraction of sp³-hybridized carbons (Fsp3) is 0.263. The van der Waals surface area contributed by atoms with Crippen molar-refractivity contribution in [2.24, 2.45) is 0 Å². The Morgan fingerprint density at radius 2 is 2.12 bits per heavy atom. The quantitative estimate of drug-likeness (QED) is 0.786. The molecule has 1 aromatic carbocycles. The first-order valence-electron chi connectivity index (χ1n) is 8.22. The zero-order valence-electron chi connectivity index (χ0n) is 13.5. The second-order valence-electron chi connectivity index (χ2n) is 5.99. The number of nitrogens with zero attached hydrogens (tertiary/aromatic N) is 2. The third-order valence-corrected chi connectivity index (χ3v) is 4.39. The van der Waals surface area contributed by atoms with Crippen molar-refractivity contribution >= 4 is 11.6 Å². The van der Waals surface area contributed by atoms with E-state index in [9.17, 15) is 4.79 Å². The van der Waals surface area contributed by atoms with E-state index in [0.717, 1.165) is 17.8 Å². The highest BCUT2D eigenvalue weighted by molar-refractivity contribution is 5.93. The molecular weight excluding hydrogens is 302 g/mol. The average Bonchev–Trinajstić information content (AvgIpc) is 3.18. The Balaban J connectivity index is 1.44. The maximum Gasteiger partial charge on any atom is 0.268 e. The van der Waals surface area contributed by atoms with Crippen molar-refractivity contribution in [1.82, 2.24) is 14.7 Å². The molecule has 0 radical (unpaired) electrons. The Kier molecular flexibility index (Phi) is 3.69. The highest BCUT2D eigenvalue weighted by Gasteiger charge is 2.39. The number of benzene rings is 1. The Labute approximate surface area is 140 Å². The van der Waals surface area contributed by atoms with Gasteiger partial charge in [-0.25, -0.2) is 4.98 Å². The van der Waals surface area contributed by atoms with Gasteiger partial charge in [0.05, 0.1) is 6.61 Å². The Bertz CT molecular complexity index is 870. The van der Waals surface area contributed by atoms with E-state index < -0.39 is 0 Å². The molecule has 24 heavy (non-hydrogen) atoms. The van der Waals surface area contributed by atoms with Crippen molar-refractivity contribution in [3.05, 3.63) is 66.1 Å². The molecule has 2 atom stereocenters. The van der Waals surface area contributed by atoms with Gasteiger partial charge in [-0.2, -0.15) is 0 Å². The number of carbonyl (C=O) groups excluding carboxylic acids is 1. The van der Waals surface area contributed by atoms with Gasteiger partial charge in [-0.1, -0.05) is 18.2 Å². The Morgan fingerprint density at radius 3 is 2.92 bits per heavy atom.